The van der Waals surface area contributed by atoms with E-state index >= 15 is 0 Å². The minimum atomic E-state index is 0.250. The van der Waals surface area contributed by atoms with Gasteiger partial charge in [-0.2, -0.15) is 0 Å². The van der Waals surface area contributed by atoms with Gasteiger partial charge in [-0.25, -0.2) is 4.98 Å². The van der Waals surface area contributed by atoms with E-state index in [0.29, 0.717) is 5.02 Å². The van der Waals surface area contributed by atoms with Crippen LogP contribution in [0.25, 0.3) is 5.65 Å². The van der Waals surface area contributed by atoms with Gasteiger partial charge in [-0.3, -0.25) is 4.40 Å². The Labute approximate surface area is 147 Å². The summed E-state index contributed by atoms with van der Waals surface area (Å²) < 4.78 is 1.91. The van der Waals surface area contributed by atoms with Crippen LogP contribution in [0.1, 0.15) is 43.5 Å². The highest BCUT2D eigenvalue weighted by molar-refractivity contribution is 6.30. The van der Waals surface area contributed by atoms with Crippen molar-refractivity contribution in [1.29, 1.82) is 0 Å². The van der Waals surface area contributed by atoms with Gasteiger partial charge >= 0.3 is 0 Å². The number of halogens is 1. The maximum absolute atomic E-state index is 6.15. The summed E-state index contributed by atoms with van der Waals surface area (Å²) in [5, 5.41) is 9.78. The van der Waals surface area contributed by atoms with E-state index < -0.39 is 0 Å². The Kier molecular flexibility index (Phi) is 4.67. The van der Waals surface area contributed by atoms with E-state index in [9.17, 15) is 0 Å². The molecule has 0 fully saturated rings. The molecule has 3 rings (SSSR count). The first-order chi connectivity index (χ1) is 11.5. The van der Waals surface area contributed by atoms with E-state index in [1.165, 1.54) is 5.56 Å². The number of nitrogens with zero attached hydrogens (tertiary/aromatic N) is 4. The number of aromatic nitrogens is 2. The van der Waals surface area contributed by atoms with Crippen LogP contribution in [0.3, 0.4) is 0 Å². The fourth-order valence-corrected chi connectivity index (χ4v) is 2.92. The Hall–Kier alpha value is -2.20. The van der Waals surface area contributed by atoms with Crippen molar-refractivity contribution in [3.8, 4) is 0 Å². The van der Waals surface area contributed by atoms with E-state index in [-0.39, 0.29) is 5.92 Å². The van der Waals surface area contributed by atoms with Crippen LogP contribution in [0.2, 0.25) is 5.02 Å². The molecule has 24 heavy (non-hydrogen) atoms. The van der Waals surface area contributed by atoms with Crippen LogP contribution in [0, 0.1) is 6.92 Å². The van der Waals surface area contributed by atoms with Crippen LogP contribution in [0.4, 0.5) is 11.5 Å². The molecular weight excluding hydrogens is 320 g/mol. The molecule has 4 nitrogen and oxygen atoms in total. The van der Waals surface area contributed by atoms with Crippen molar-refractivity contribution in [3.05, 3.63) is 58.4 Å². The SMILES string of the molecule is CCc1cccc(C)c1N=Nc1c(C(C)C)nc2ccc(Cl)cn12. The summed E-state index contributed by atoms with van der Waals surface area (Å²) in [6.45, 7) is 8.39. The van der Waals surface area contributed by atoms with Gasteiger partial charge in [0, 0.05) is 6.20 Å². The zero-order valence-corrected chi connectivity index (χ0v) is 15.2. The van der Waals surface area contributed by atoms with Crippen molar-refractivity contribution in [2.75, 3.05) is 0 Å². The third-order valence-corrected chi connectivity index (χ3v) is 4.30. The average Bonchev–Trinajstić information content (AvgIpc) is 2.91. The molecule has 3 aromatic rings. The first-order valence-electron chi connectivity index (χ1n) is 8.19. The van der Waals surface area contributed by atoms with Crippen molar-refractivity contribution < 1.29 is 0 Å². The van der Waals surface area contributed by atoms with Gasteiger partial charge in [0.25, 0.3) is 0 Å². The molecule has 0 N–H and O–H groups in total. The molecule has 0 saturated heterocycles. The van der Waals surface area contributed by atoms with Gasteiger partial charge in [0.15, 0.2) is 5.82 Å². The number of hydrogen-bond acceptors (Lipinski definition) is 3. The van der Waals surface area contributed by atoms with E-state index in [4.69, 9.17) is 11.6 Å². The van der Waals surface area contributed by atoms with Crippen molar-refractivity contribution >= 4 is 28.8 Å². The smallest absolute Gasteiger partial charge is 0.183 e. The lowest BCUT2D eigenvalue weighted by molar-refractivity contribution is 0.831. The molecule has 5 heteroatoms. The molecule has 0 amide bonds. The molecule has 0 aliphatic rings. The highest BCUT2D eigenvalue weighted by atomic mass is 35.5. The van der Waals surface area contributed by atoms with Gasteiger partial charge in [0.2, 0.25) is 0 Å². The molecule has 0 atom stereocenters. The molecule has 124 valence electrons. The van der Waals surface area contributed by atoms with Crippen LogP contribution >= 0.6 is 11.6 Å². The Balaban J connectivity index is 2.16. The molecule has 2 heterocycles. The number of fused-ring (bicyclic) bond motifs is 1. The van der Waals surface area contributed by atoms with Crippen molar-refractivity contribution in [2.45, 2.75) is 40.0 Å². The van der Waals surface area contributed by atoms with Crippen LogP contribution in [0.15, 0.2) is 46.8 Å². The third kappa shape index (κ3) is 3.06. The van der Waals surface area contributed by atoms with Crippen molar-refractivity contribution in [1.82, 2.24) is 9.38 Å². The number of imidazole rings is 1. The molecule has 1 aromatic carbocycles. The second-order valence-electron chi connectivity index (χ2n) is 6.19. The van der Waals surface area contributed by atoms with Crippen LogP contribution in [-0.2, 0) is 6.42 Å². The lowest BCUT2D eigenvalue weighted by Gasteiger charge is -2.06. The topological polar surface area (TPSA) is 42.0 Å². The second-order valence-corrected chi connectivity index (χ2v) is 6.62. The first kappa shape index (κ1) is 16.7. The maximum Gasteiger partial charge on any atom is 0.183 e. The normalized spacial score (nSPS) is 11.9. The van der Waals surface area contributed by atoms with Crippen LogP contribution in [0.5, 0.6) is 0 Å². The lowest BCUT2D eigenvalue weighted by Crippen LogP contribution is -1.88. The van der Waals surface area contributed by atoms with E-state index in [1.807, 2.05) is 22.7 Å². The number of hydrogen-bond donors (Lipinski definition) is 0. The molecule has 0 aliphatic carbocycles. The van der Waals surface area contributed by atoms with E-state index in [1.54, 1.807) is 0 Å². The molecule has 0 radical (unpaired) electrons. The van der Waals surface area contributed by atoms with E-state index in [0.717, 1.165) is 34.8 Å². The summed E-state index contributed by atoms with van der Waals surface area (Å²) in [6, 6.07) is 9.95. The molecule has 0 bridgehead atoms. The standard InChI is InChI=1S/C19H21ClN4/c1-5-14-8-6-7-13(4)18(14)22-23-19-17(12(2)3)21-16-10-9-15(20)11-24(16)19/h6-12H,5H2,1-4H3. The van der Waals surface area contributed by atoms with Gasteiger partial charge < -0.3 is 0 Å². The van der Waals surface area contributed by atoms with Crippen LogP contribution < -0.4 is 0 Å². The molecule has 0 spiro atoms. The average molecular weight is 341 g/mol. The summed E-state index contributed by atoms with van der Waals surface area (Å²) in [6.07, 6.45) is 2.76. The van der Waals surface area contributed by atoms with E-state index in [2.05, 4.69) is 61.1 Å². The quantitative estimate of drug-likeness (QED) is 0.507. The number of pyridine rings is 1. The van der Waals surface area contributed by atoms with Crippen molar-refractivity contribution in [3.63, 3.8) is 0 Å². The third-order valence-electron chi connectivity index (χ3n) is 4.08. The number of benzene rings is 1. The summed E-state index contributed by atoms with van der Waals surface area (Å²) >= 11 is 6.15. The molecule has 0 unspecified atom stereocenters. The van der Waals surface area contributed by atoms with Gasteiger partial charge in [0.05, 0.1) is 16.4 Å². The van der Waals surface area contributed by atoms with Crippen molar-refractivity contribution in [2.24, 2.45) is 10.2 Å². The summed E-state index contributed by atoms with van der Waals surface area (Å²) in [4.78, 5) is 4.68. The van der Waals surface area contributed by atoms with Gasteiger partial charge in [-0.05, 0) is 42.5 Å². The molecule has 2 aromatic heterocycles. The monoisotopic (exact) mass is 340 g/mol. The summed E-state index contributed by atoms with van der Waals surface area (Å²) in [5.41, 5.74) is 5.00. The predicted octanol–water partition coefficient (Wildman–Crippen LogP) is 6.40. The maximum atomic E-state index is 6.15. The lowest BCUT2D eigenvalue weighted by atomic mass is 10.1. The molecular formula is C19H21ClN4. The fourth-order valence-electron chi connectivity index (χ4n) is 2.76. The highest BCUT2D eigenvalue weighted by Gasteiger charge is 2.15. The Morgan fingerprint density at radius 3 is 2.67 bits per heavy atom. The molecule has 0 aliphatic heterocycles. The van der Waals surface area contributed by atoms with Gasteiger partial charge in [0.1, 0.15) is 5.65 Å². The Morgan fingerprint density at radius 1 is 1.17 bits per heavy atom. The number of rotatable bonds is 4. The Bertz CT molecular complexity index is 909. The minimum Gasteiger partial charge on any atom is -0.281 e. The zero-order valence-electron chi connectivity index (χ0n) is 14.4. The molecule has 0 saturated carbocycles. The van der Waals surface area contributed by atoms with Gasteiger partial charge in [-0.1, -0.05) is 50.6 Å². The number of azo groups is 1. The Morgan fingerprint density at radius 2 is 1.96 bits per heavy atom. The summed E-state index contributed by atoms with van der Waals surface area (Å²) in [5.74, 6) is 0.993. The zero-order chi connectivity index (χ0) is 17.3. The summed E-state index contributed by atoms with van der Waals surface area (Å²) in [7, 11) is 0. The van der Waals surface area contributed by atoms with Gasteiger partial charge in [-0.15, -0.1) is 10.2 Å². The fraction of sp³-hybridized carbons (Fsp3) is 0.316. The minimum absolute atomic E-state index is 0.250. The largest absolute Gasteiger partial charge is 0.281 e. The predicted molar refractivity (Wildman–Crippen MR) is 99.0 cm³/mol. The highest BCUT2D eigenvalue weighted by Crippen LogP contribution is 2.32. The van der Waals surface area contributed by atoms with Crippen LogP contribution in [-0.4, -0.2) is 9.38 Å². The second kappa shape index (κ2) is 6.73. The first-order valence-corrected chi connectivity index (χ1v) is 8.56. The number of aryl methyl sites for hydroxylation is 2.